The molecule has 0 saturated heterocycles. The van der Waals surface area contributed by atoms with Crippen molar-refractivity contribution < 1.29 is 14.3 Å². The van der Waals surface area contributed by atoms with E-state index in [4.69, 9.17) is 16.0 Å². The highest BCUT2D eigenvalue weighted by atomic mass is 79.9. The molecule has 5 nitrogen and oxygen atoms in total. The maximum atomic E-state index is 10.9. The number of halogens is 1. The van der Waals surface area contributed by atoms with E-state index < -0.39 is 0 Å². The fraction of sp³-hybridized carbons (Fsp3) is 0.188. The number of pyridine rings is 1. The molecule has 0 unspecified atom stereocenters. The lowest BCUT2D eigenvalue weighted by Gasteiger charge is -2.10. The number of ether oxygens (including phenoxy) is 2. The molecule has 0 aliphatic rings. The monoisotopic (exact) mass is 360 g/mol. The van der Waals surface area contributed by atoms with E-state index in [-0.39, 0.29) is 5.88 Å². The molecule has 0 N–H and O–H groups in total. The predicted octanol–water partition coefficient (Wildman–Crippen LogP) is 4.79. The highest BCUT2D eigenvalue weighted by Gasteiger charge is 2.09. The summed E-state index contributed by atoms with van der Waals surface area (Å²) in [6, 6.07) is 8.23. The van der Waals surface area contributed by atoms with Crippen LogP contribution >= 0.6 is 15.9 Å². The molecule has 0 atom stereocenters. The van der Waals surface area contributed by atoms with E-state index in [1.165, 1.54) is 0 Å². The van der Waals surface area contributed by atoms with Gasteiger partial charge in [0, 0.05) is 10.0 Å². The third kappa shape index (κ3) is 3.83. The van der Waals surface area contributed by atoms with E-state index in [9.17, 15) is 4.79 Å². The molecule has 0 bridgehead atoms. The highest BCUT2D eigenvalue weighted by molar-refractivity contribution is 9.10. The quantitative estimate of drug-likeness (QED) is 0.548. The van der Waals surface area contributed by atoms with Crippen LogP contribution in [0.5, 0.6) is 17.5 Å². The van der Waals surface area contributed by atoms with Crippen LogP contribution in [0.2, 0.25) is 0 Å². The van der Waals surface area contributed by atoms with Gasteiger partial charge in [0.2, 0.25) is 17.4 Å². The van der Waals surface area contributed by atoms with Gasteiger partial charge in [0.15, 0.2) is 6.29 Å². The molecule has 0 aliphatic heterocycles. The van der Waals surface area contributed by atoms with Gasteiger partial charge >= 0.3 is 0 Å². The Hall–Kier alpha value is -2.39. The maximum Gasteiger partial charge on any atom is 0.247 e. The summed E-state index contributed by atoms with van der Waals surface area (Å²) in [6.07, 6.45) is 1.56. The molecular formula is C16H13BrN2O3. The van der Waals surface area contributed by atoms with Gasteiger partial charge in [-0.3, -0.25) is 4.79 Å². The third-order valence-electron chi connectivity index (χ3n) is 2.69. The Labute approximate surface area is 136 Å². The largest absolute Gasteiger partial charge is 0.486 e. The molecule has 22 heavy (non-hydrogen) atoms. The minimum Gasteiger partial charge on any atom is -0.486 e. The van der Waals surface area contributed by atoms with E-state index in [1.807, 2.05) is 6.92 Å². The first-order chi connectivity index (χ1) is 10.7. The number of aldehydes is 1. The molecule has 6 heteroatoms. The number of rotatable bonds is 6. The van der Waals surface area contributed by atoms with Gasteiger partial charge in [-0.05, 0) is 36.8 Å². The Kier molecular flexibility index (Phi) is 5.50. The third-order valence-corrected chi connectivity index (χ3v) is 3.42. The van der Waals surface area contributed by atoms with Gasteiger partial charge in [0.05, 0.1) is 13.2 Å². The number of carbonyl (C=O) groups is 1. The SMILES string of the molecule is [C-]#[N+]c1ccc(Oc2ccc(Br)c(C=O)c2)nc1OCCC. The number of aromatic nitrogens is 1. The zero-order valence-corrected chi connectivity index (χ0v) is 13.5. The van der Waals surface area contributed by atoms with Crippen molar-refractivity contribution in [2.45, 2.75) is 13.3 Å². The van der Waals surface area contributed by atoms with Crippen LogP contribution in [-0.2, 0) is 0 Å². The average Bonchev–Trinajstić information content (AvgIpc) is 2.54. The van der Waals surface area contributed by atoms with Gasteiger partial charge in [0.25, 0.3) is 0 Å². The Balaban J connectivity index is 2.26. The summed E-state index contributed by atoms with van der Waals surface area (Å²) in [5.74, 6) is 1.04. The molecule has 1 heterocycles. The summed E-state index contributed by atoms with van der Waals surface area (Å²) in [6.45, 7) is 9.56. The van der Waals surface area contributed by atoms with Gasteiger partial charge in [-0.25, -0.2) is 4.85 Å². The van der Waals surface area contributed by atoms with E-state index in [0.717, 1.165) is 12.7 Å². The second-order valence-corrected chi connectivity index (χ2v) is 5.19. The van der Waals surface area contributed by atoms with Crippen molar-refractivity contribution in [1.29, 1.82) is 0 Å². The highest BCUT2D eigenvalue weighted by Crippen LogP contribution is 2.31. The van der Waals surface area contributed by atoms with E-state index in [0.29, 0.717) is 34.0 Å². The van der Waals surface area contributed by atoms with Crippen molar-refractivity contribution in [3.8, 4) is 17.5 Å². The standard InChI is InChI=1S/C16H13BrN2O3/c1-3-8-21-16-14(18-2)6-7-15(19-16)22-12-4-5-13(17)11(9-12)10-20/h4-7,9-10H,3,8H2,1H3. The molecule has 1 aromatic heterocycles. The number of hydrogen-bond donors (Lipinski definition) is 0. The zero-order chi connectivity index (χ0) is 15.9. The lowest BCUT2D eigenvalue weighted by Crippen LogP contribution is -1.98. The van der Waals surface area contributed by atoms with Gasteiger partial charge in [-0.2, -0.15) is 4.98 Å². The second-order valence-electron chi connectivity index (χ2n) is 4.34. The van der Waals surface area contributed by atoms with Crippen LogP contribution in [0.15, 0.2) is 34.8 Å². The second kappa shape index (κ2) is 7.57. The fourth-order valence-corrected chi connectivity index (χ4v) is 2.00. The summed E-state index contributed by atoms with van der Waals surface area (Å²) in [4.78, 5) is 18.5. The fourth-order valence-electron chi connectivity index (χ4n) is 1.66. The zero-order valence-electron chi connectivity index (χ0n) is 11.9. The maximum absolute atomic E-state index is 10.9. The van der Waals surface area contributed by atoms with Gasteiger partial charge < -0.3 is 9.47 Å². The van der Waals surface area contributed by atoms with Crippen molar-refractivity contribution in [2.24, 2.45) is 0 Å². The smallest absolute Gasteiger partial charge is 0.247 e. The number of carbonyl (C=O) groups excluding carboxylic acids is 1. The Morgan fingerprint density at radius 3 is 2.86 bits per heavy atom. The molecule has 1 aromatic carbocycles. The van der Waals surface area contributed by atoms with Crippen LogP contribution in [0.25, 0.3) is 4.85 Å². The van der Waals surface area contributed by atoms with Crippen molar-refractivity contribution in [2.75, 3.05) is 6.61 Å². The average molecular weight is 361 g/mol. The number of nitrogens with zero attached hydrogens (tertiary/aromatic N) is 2. The topological polar surface area (TPSA) is 52.8 Å². The summed E-state index contributed by atoms with van der Waals surface area (Å²) >= 11 is 3.28. The van der Waals surface area contributed by atoms with Crippen LogP contribution < -0.4 is 9.47 Å². The minimum absolute atomic E-state index is 0.252. The van der Waals surface area contributed by atoms with Crippen LogP contribution in [-0.4, -0.2) is 17.9 Å². The van der Waals surface area contributed by atoms with Gasteiger partial charge in [0.1, 0.15) is 5.75 Å². The summed E-state index contributed by atoms with van der Waals surface area (Å²) < 4.78 is 11.8. The molecule has 0 radical (unpaired) electrons. The summed E-state index contributed by atoms with van der Waals surface area (Å²) in [5, 5.41) is 0. The molecule has 0 amide bonds. The number of benzene rings is 1. The molecule has 112 valence electrons. The number of hydrogen-bond acceptors (Lipinski definition) is 4. The summed E-state index contributed by atoms with van der Waals surface area (Å²) in [7, 11) is 0. The molecule has 2 aromatic rings. The molecule has 2 rings (SSSR count). The van der Waals surface area contributed by atoms with Crippen LogP contribution in [0.4, 0.5) is 5.69 Å². The van der Waals surface area contributed by atoms with E-state index >= 15 is 0 Å². The normalized spacial score (nSPS) is 9.86. The molecule has 0 saturated carbocycles. The lowest BCUT2D eigenvalue weighted by atomic mass is 10.2. The Morgan fingerprint density at radius 1 is 1.36 bits per heavy atom. The Morgan fingerprint density at radius 2 is 2.18 bits per heavy atom. The first kappa shape index (κ1) is 16.0. The van der Waals surface area contributed by atoms with Crippen LogP contribution in [0.1, 0.15) is 23.7 Å². The lowest BCUT2D eigenvalue weighted by molar-refractivity contribution is 0.112. The predicted molar refractivity (Wildman–Crippen MR) is 85.9 cm³/mol. The van der Waals surface area contributed by atoms with E-state index in [1.54, 1.807) is 30.3 Å². The first-order valence-corrected chi connectivity index (χ1v) is 7.41. The van der Waals surface area contributed by atoms with Crippen molar-refractivity contribution >= 4 is 27.9 Å². The first-order valence-electron chi connectivity index (χ1n) is 6.61. The van der Waals surface area contributed by atoms with E-state index in [2.05, 4.69) is 25.8 Å². The van der Waals surface area contributed by atoms with Crippen molar-refractivity contribution in [3.05, 3.63) is 51.8 Å². The summed E-state index contributed by atoms with van der Waals surface area (Å²) in [5.41, 5.74) is 0.822. The van der Waals surface area contributed by atoms with Crippen molar-refractivity contribution in [1.82, 2.24) is 4.98 Å². The van der Waals surface area contributed by atoms with Crippen LogP contribution in [0.3, 0.4) is 0 Å². The molecule has 0 fully saturated rings. The van der Waals surface area contributed by atoms with Gasteiger partial charge in [-0.1, -0.05) is 22.9 Å². The van der Waals surface area contributed by atoms with Crippen LogP contribution in [0, 0.1) is 6.57 Å². The minimum atomic E-state index is 0.252. The molecular weight excluding hydrogens is 348 g/mol. The molecule has 0 spiro atoms. The van der Waals surface area contributed by atoms with Gasteiger partial charge in [-0.15, -0.1) is 0 Å². The van der Waals surface area contributed by atoms with Crippen molar-refractivity contribution in [3.63, 3.8) is 0 Å². The Bertz CT molecular complexity index is 726. The molecule has 0 aliphatic carbocycles.